The summed E-state index contributed by atoms with van der Waals surface area (Å²) in [6.07, 6.45) is 1.81. The molecule has 1 heterocycles. The fourth-order valence-corrected chi connectivity index (χ4v) is 3.63. The summed E-state index contributed by atoms with van der Waals surface area (Å²) in [6.45, 7) is 4.12. The molecule has 2 aromatic rings. The summed E-state index contributed by atoms with van der Waals surface area (Å²) in [5.74, 6) is 1.29. The van der Waals surface area contributed by atoms with Crippen LogP contribution in [0.4, 0.5) is 5.69 Å². The van der Waals surface area contributed by atoms with E-state index in [1.54, 1.807) is 26.2 Å². The largest absolute Gasteiger partial charge is 0.497 e. The zero-order valence-electron chi connectivity index (χ0n) is 16.1. The number of rotatable bonds is 4. The van der Waals surface area contributed by atoms with E-state index in [0.29, 0.717) is 21.6 Å². The van der Waals surface area contributed by atoms with Gasteiger partial charge in [0.05, 0.1) is 24.8 Å². The van der Waals surface area contributed by atoms with E-state index >= 15 is 0 Å². The van der Waals surface area contributed by atoms with E-state index in [1.807, 2.05) is 42.5 Å². The third-order valence-electron chi connectivity index (χ3n) is 4.44. The molecule has 0 atom stereocenters. The van der Waals surface area contributed by atoms with Gasteiger partial charge < -0.3 is 9.47 Å². The van der Waals surface area contributed by atoms with Crippen molar-refractivity contribution in [1.29, 1.82) is 0 Å². The molecule has 0 spiro atoms. The Kier molecular flexibility index (Phi) is 5.56. The number of hydrogen-bond donors (Lipinski definition) is 0. The summed E-state index contributed by atoms with van der Waals surface area (Å²) in [6, 6.07) is 11.5. The highest BCUT2D eigenvalue weighted by Crippen LogP contribution is 2.35. The van der Waals surface area contributed by atoms with Crippen molar-refractivity contribution in [1.82, 2.24) is 4.90 Å². The van der Waals surface area contributed by atoms with E-state index in [1.165, 1.54) is 22.9 Å². The summed E-state index contributed by atoms with van der Waals surface area (Å²) in [4.78, 5) is 19.5. The molecule has 0 saturated carbocycles. The van der Waals surface area contributed by atoms with Crippen LogP contribution in [0.2, 0.25) is 0 Å². The first-order valence-electron chi connectivity index (χ1n) is 8.48. The van der Waals surface area contributed by atoms with Crippen molar-refractivity contribution < 1.29 is 14.3 Å². The van der Waals surface area contributed by atoms with Crippen molar-refractivity contribution >= 4 is 34.6 Å². The van der Waals surface area contributed by atoms with Crippen molar-refractivity contribution in [2.24, 2.45) is 4.99 Å². The van der Waals surface area contributed by atoms with Crippen LogP contribution in [0.5, 0.6) is 11.5 Å². The molecule has 5 nitrogen and oxygen atoms in total. The minimum atomic E-state index is -0.0903. The van der Waals surface area contributed by atoms with Gasteiger partial charge in [-0.3, -0.25) is 9.69 Å². The van der Waals surface area contributed by atoms with Crippen molar-refractivity contribution in [2.75, 3.05) is 21.3 Å². The smallest absolute Gasteiger partial charge is 0.266 e. The van der Waals surface area contributed by atoms with E-state index in [0.717, 1.165) is 11.3 Å². The van der Waals surface area contributed by atoms with E-state index in [9.17, 15) is 4.79 Å². The standard InChI is InChI=1S/C21H22N2O3S/c1-13-6-7-16(10-14(13)2)22-21-23(3)20(24)19(27-21)12-15-11-17(25-4)8-9-18(15)26-5/h6-12H,1-5H3/b19-12+,22-21?. The summed E-state index contributed by atoms with van der Waals surface area (Å²) < 4.78 is 10.7. The maximum Gasteiger partial charge on any atom is 0.266 e. The molecule has 3 rings (SSSR count). The van der Waals surface area contributed by atoms with Crippen molar-refractivity contribution in [3.63, 3.8) is 0 Å². The van der Waals surface area contributed by atoms with Gasteiger partial charge in [0.15, 0.2) is 5.17 Å². The number of aliphatic imine (C=N–C) groups is 1. The van der Waals surface area contributed by atoms with Gasteiger partial charge in [-0.1, -0.05) is 6.07 Å². The third-order valence-corrected chi connectivity index (χ3v) is 5.50. The monoisotopic (exact) mass is 382 g/mol. The molecular weight excluding hydrogens is 360 g/mol. The first-order chi connectivity index (χ1) is 12.9. The molecule has 1 saturated heterocycles. The molecule has 0 bridgehead atoms. The van der Waals surface area contributed by atoms with Crippen LogP contribution in [-0.2, 0) is 4.79 Å². The number of amidine groups is 1. The third kappa shape index (κ3) is 4.01. The Labute approximate surface area is 163 Å². The molecule has 1 aliphatic heterocycles. The number of likely N-dealkylation sites (N-methyl/N-ethyl adjacent to an activating group) is 1. The second-order valence-electron chi connectivity index (χ2n) is 6.25. The molecule has 6 heteroatoms. The van der Waals surface area contributed by atoms with Crippen LogP contribution < -0.4 is 9.47 Å². The number of carbonyl (C=O) groups is 1. The van der Waals surface area contributed by atoms with Gasteiger partial charge in [0.25, 0.3) is 5.91 Å². The second-order valence-corrected chi connectivity index (χ2v) is 7.25. The molecule has 0 radical (unpaired) electrons. The van der Waals surface area contributed by atoms with E-state index < -0.39 is 0 Å². The van der Waals surface area contributed by atoms with E-state index in [-0.39, 0.29) is 5.91 Å². The van der Waals surface area contributed by atoms with E-state index in [4.69, 9.17) is 9.47 Å². The molecule has 27 heavy (non-hydrogen) atoms. The SMILES string of the molecule is COc1ccc(OC)c(/C=C2/SC(=Nc3ccc(C)c(C)c3)N(C)C2=O)c1. The Balaban J connectivity index is 1.95. The number of ether oxygens (including phenoxy) is 2. The highest BCUT2D eigenvalue weighted by Gasteiger charge is 2.30. The number of thioether (sulfide) groups is 1. The van der Waals surface area contributed by atoms with Gasteiger partial charge >= 0.3 is 0 Å². The molecule has 1 aliphatic rings. The van der Waals surface area contributed by atoms with Crippen molar-refractivity contribution in [3.05, 3.63) is 58.0 Å². The van der Waals surface area contributed by atoms with Crippen LogP contribution in [-0.4, -0.2) is 37.2 Å². The van der Waals surface area contributed by atoms with Gasteiger partial charge in [-0.05, 0) is 73.1 Å². The Morgan fingerprint density at radius 3 is 2.48 bits per heavy atom. The zero-order valence-corrected chi connectivity index (χ0v) is 16.9. The number of carbonyl (C=O) groups excluding carboxylic acids is 1. The number of methoxy groups -OCH3 is 2. The van der Waals surface area contributed by atoms with Gasteiger partial charge in [0.1, 0.15) is 11.5 Å². The summed E-state index contributed by atoms with van der Waals surface area (Å²) in [5, 5.41) is 0.649. The Morgan fingerprint density at radius 2 is 1.81 bits per heavy atom. The Morgan fingerprint density at radius 1 is 1.04 bits per heavy atom. The van der Waals surface area contributed by atoms with Crippen molar-refractivity contribution in [3.8, 4) is 11.5 Å². The first kappa shape index (κ1) is 19.0. The number of hydrogen-bond acceptors (Lipinski definition) is 5. The summed E-state index contributed by atoms with van der Waals surface area (Å²) in [7, 11) is 4.95. The number of amides is 1. The number of nitrogens with zero attached hydrogens (tertiary/aromatic N) is 2. The van der Waals surface area contributed by atoms with Gasteiger partial charge in [-0.2, -0.15) is 0 Å². The number of benzene rings is 2. The minimum Gasteiger partial charge on any atom is -0.497 e. The molecular formula is C21H22N2O3S. The van der Waals surface area contributed by atoms with E-state index in [2.05, 4.69) is 18.8 Å². The normalized spacial score (nSPS) is 17.1. The van der Waals surface area contributed by atoms with Gasteiger partial charge in [-0.15, -0.1) is 0 Å². The maximum absolute atomic E-state index is 12.7. The highest BCUT2D eigenvalue weighted by molar-refractivity contribution is 8.18. The predicted octanol–water partition coefficient (Wildman–Crippen LogP) is 4.55. The lowest BCUT2D eigenvalue weighted by molar-refractivity contribution is -0.121. The van der Waals surface area contributed by atoms with Crippen molar-refractivity contribution in [2.45, 2.75) is 13.8 Å². The zero-order chi connectivity index (χ0) is 19.6. The molecule has 0 aromatic heterocycles. The van der Waals surface area contributed by atoms with Gasteiger partial charge in [-0.25, -0.2) is 4.99 Å². The molecule has 1 amide bonds. The fourth-order valence-electron chi connectivity index (χ4n) is 2.65. The van der Waals surface area contributed by atoms with Crippen LogP contribution in [0.3, 0.4) is 0 Å². The lowest BCUT2D eigenvalue weighted by Crippen LogP contribution is -2.23. The molecule has 0 N–H and O–H groups in total. The fraction of sp³-hybridized carbons (Fsp3) is 0.238. The quantitative estimate of drug-likeness (QED) is 0.728. The molecule has 1 fully saturated rings. The maximum atomic E-state index is 12.7. The first-order valence-corrected chi connectivity index (χ1v) is 9.30. The molecule has 2 aromatic carbocycles. The van der Waals surface area contributed by atoms with Gasteiger partial charge in [0, 0.05) is 12.6 Å². The average Bonchev–Trinajstić information content (AvgIpc) is 2.92. The van der Waals surface area contributed by atoms with Gasteiger partial charge in [0.2, 0.25) is 0 Å². The predicted molar refractivity (Wildman–Crippen MR) is 111 cm³/mol. The Hall–Kier alpha value is -2.73. The van der Waals surface area contributed by atoms with Crippen LogP contribution in [0, 0.1) is 13.8 Å². The van der Waals surface area contributed by atoms with Crippen LogP contribution in [0.25, 0.3) is 6.08 Å². The summed E-state index contributed by atoms with van der Waals surface area (Å²) in [5.41, 5.74) is 4.01. The van der Waals surface area contributed by atoms with Crippen LogP contribution >= 0.6 is 11.8 Å². The lowest BCUT2D eigenvalue weighted by atomic mass is 10.1. The molecule has 0 aliphatic carbocycles. The lowest BCUT2D eigenvalue weighted by Gasteiger charge is -2.08. The summed E-state index contributed by atoms with van der Waals surface area (Å²) >= 11 is 1.35. The average molecular weight is 382 g/mol. The minimum absolute atomic E-state index is 0.0903. The number of aryl methyl sites for hydroxylation is 2. The second kappa shape index (κ2) is 7.88. The topological polar surface area (TPSA) is 51.1 Å². The highest BCUT2D eigenvalue weighted by atomic mass is 32.2. The molecule has 140 valence electrons. The Bertz CT molecular complexity index is 950. The van der Waals surface area contributed by atoms with Crippen LogP contribution in [0.15, 0.2) is 46.3 Å². The molecule has 0 unspecified atom stereocenters. The van der Waals surface area contributed by atoms with Crippen LogP contribution in [0.1, 0.15) is 16.7 Å².